The number of benzene rings is 2. The molecule has 3 rings (SSSR count). The highest BCUT2D eigenvalue weighted by molar-refractivity contribution is 5.75. The van der Waals surface area contributed by atoms with Crippen LogP contribution < -0.4 is 10.5 Å². The minimum atomic E-state index is -0.751. The van der Waals surface area contributed by atoms with Gasteiger partial charge < -0.3 is 19.9 Å². The molecule has 0 unspecified atom stereocenters. The van der Waals surface area contributed by atoms with Crippen molar-refractivity contribution >= 4 is 5.97 Å². The second-order valence-corrected chi connectivity index (χ2v) is 7.02. The summed E-state index contributed by atoms with van der Waals surface area (Å²) in [5.74, 6) is 0.503. The van der Waals surface area contributed by atoms with E-state index in [1.807, 2.05) is 55.5 Å². The lowest BCUT2D eigenvalue weighted by molar-refractivity contribution is -0.153. The number of hydrogen-bond acceptors (Lipinski definition) is 5. The van der Waals surface area contributed by atoms with E-state index in [0.29, 0.717) is 13.2 Å². The summed E-state index contributed by atoms with van der Waals surface area (Å²) < 4.78 is 17.4. The Morgan fingerprint density at radius 3 is 2.41 bits per heavy atom. The van der Waals surface area contributed by atoms with Crippen molar-refractivity contribution in [2.24, 2.45) is 17.6 Å². The van der Waals surface area contributed by atoms with Crippen molar-refractivity contribution < 1.29 is 19.0 Å². The van der Waals surface area contributed by atoms with Crippen LogP contribution >= 0.6 is 0 Å². The molecule has 0 spiro atoms. The number of carbonyl (C=O) groups is 1. The van der Waals surface area contributed by atoms with Crippen molar-refractivity contribution in [1.82, 2.24) is 0 Å². The lowest BCUT2D eigenvalue weighted by atomic mass is 9.84. The molecule has 0 aromatic heterocycles. The molecule has 0 amide bonds. The first-order valence-corrected chi connectivity index (χ1v) is 9.39. The average Bonchev–Trinajstić information content (AvgIpc) is 2.73. The van der Waals surface area contributed by atoms with Gasteiger partial charge in [-0.1, -0.05) is 48.5 Å². The molecule has 144 valence electrons. The molecule has 0 bridgehead atoms. The standard InChI is InChI=1S/C22H27NO4/c1-16-20(14-26-19-10-6-3-7-11-19)18(12-17-8-4-2-5-9-17)13-25-15-21(23)22(24)27-16/h2-11,16,18,20-21H,12-15,23H2,1H3/t16-,18-,20-,21-/m0/s1. The van der Waals surface area contributed by atoms with E-state index in [1.165, 1.54) is 5.56 Å². The van der Waals surface area contributed by atoms with Crippen molar-refractivity contribution in [3.63, 3.8) is 0 Å². The molecule has 5 heteroatoms. The first kappa shape index (κ1) is 19.4. The SMILES string of the molecule is C[C@@H]1OC(=O)[C@@H](N)COC[C@H](Cc2ccccc2)[C@H]1COc1ccccc1. The van der Waals surface area contributed by atoms with Crippen LogP contribution in [0.1, 0.15) is 12.5 Å². The zero-order chi connectivity index (χ0) is 19.1. The quantitative estimate of drug-likeness (QED) is 0.821. The highest BCUT2D eigenvalue weighted by Crippen LogP contribution is 2.26. The van der Waals surface area contributed by atoms with E-state index in [9.17, 15) is 4.79 Å². The van der Waals surface area contributed by atoms with E-state index in [0.717, 1.165) is 12.2 Å². The highest BCUT2D eigenvalue weighted by atomic mass is 16.6. The van der Waals surface area contributed by atoms with Gasteiger partial charge in [-0.2, -0.15) is 0 Å². The first-order chi connectivity index (χ1) is 13.1. The minimum Gasteiger partial charge on any atom is -0.493 e. The molecule has 1 saturated heterocycles. The summed E-state index contributed by atoms with van der Waals surface area (Å²) in [5, 5.41) is 0. The summed E-state index contributed by atoms with van der Waals surface area (Å²) >= 11 is 0. The number of hydrogen-bond donors (Lipinski definition) is 1. The Kier molecular flexibility index (Phi) is 6.85. The molecule has 27 heavy (non-hydrogen) atoms. The smallest absolute Gasteiger partial charge is 0.325 e. The van der Waals surface area contributed by atoms with Gasteiger partial charge in [0.05, 0.1) is 19.8 Å². The number of nitrogens with two attached hydrogens (primary N) is 1. The van der Waals surface area contributed by atoms with E-state index in [4.69, 9.17) is 19.9 Å². The molecule has 4 atom stereocenters. The lowest BCUT2D eigenvalue weighted by Crippen LogP contribution is -2.40. The monoisotopic (exact) mass is 369 g/mol. The van der Waals surface area contributed by atoms with Crippen LogP contribution in [-0.2, 0) is 20.7 Å². The molecule has 1 aliphatic rings. The van der Waals surface area contributed by atoms with Crippen LogP contribution in [0.3, 0.4) is 0 Å². The fourth-order valence-corrected chi connectivity index (χ4v) is 3.39. The lowest BCUT2D eigenvalue weighted by Gasteiger charge is -2.30. The van der Waals surface area contributed by atoms with E-state index in [-0.39, 0.29) is 24.5 Å². The summed E-state index contributed by atoms with van der Waals surface area (Å²) in [6, 6.07) is 19.2. The normalized spacial score (nSPS) is 26.4. The Balaban J connectivity index is 1.78. The van der Waals surface area contributed by atoms with Gasteiger partial charge in [-0.15, -0.1) is 0 Å². The third-order valence-electron chi connectivity index (χ3n) is 4.97. The fourth-order valence-electron chi connectivity index (χ4n) is 3.39. The van der Waals surface area contributed by atoms with Gasteiger partial charge in [0.1, 0.15) is 17.9 Å². The number of para-hydroxylation sites is 1. The number of cyclic esters (lactones) is 1. The molecule has 1 fully saturated rings. The Hall–Kier alpha value is -2.37. The topological polar surface area (TPSA) is 70.8 Å². The molecular formula is C22H27NO4. The van der Waals surface area contributed by atoms with Crippen molar-refractivity contribution in [1.29, 1.82) is 0 Å². The first-order valence-electron chi connectivity index (χ1n) is 9.39. The Labute approximate surface area is 160 Å². The van der Waals surface area contributed by atoms with Gasteiger partial charge in [-0.25, -0.2) is 0 Å². The summed E-state index contributed by atoms with van der Waals surface area (Å²) in [6.45, 7) is 3.02. The molecular weight excluding hydrogens is 342 g/mol. The maximum absolute atomic E-state index is 12.1. The fraction of sp³-hybridized carbons (Fsp3) is 0.409. The van der Waals surface area contributed by atoms with Crippen molar-refractivity contribution in [2.45, 2.75) is 25.5 Å². The number of carbonyl (C=O) groups excluding carboxylic acids is 1. The van der Waals surface area contributed by atoms with Gasteiger partial charge in [0, 0.05) is 5.92 Å². The van der Waals surface area contributed by atoms with Crippen LogP contribution in [0, 0.1) is 11.8 Å². The van der Waals surface area contributed by atoms with Crippen LogP contribution in [0.4, 0.5) is 0 Å². The molecule has 1 heterocycles. The van der Waals surface area contributed by atoms with Crippen LogP contribution in [-0.4, -0.2) is 37.9 Å². The minimum absolute atomic E-state index is 0.0142. The predicted octanol–water partition coefficient (Wildman–Crippen LogP) is 2.83. The maximum Gasteiger partial charge on any atom is 0.325 e. The van der Waals surface area contributed by atoms with Gasteiger partial charge in [0.25, 0.3) is 0 Å². The van der Waals surface area contributed by atoms with Crippen molar-refractivity contribution in [3.8, 4) is 5.75 Å². The molecule has 2 aromatic carbocycles. The molecule has 5 nitrogen and oxygen atoms in total. The second-order valence-electron chi connectivity index (χ2n) is 7.02. The number of rotatable bonds is 5. The second kappa shape index (κ2) is 9.53. The van der Waals surface area contributed by atoms with Crippen LogP contribution in [0.25, 0.3) is 0 Å². The zero-order valence-electron chi connectivity index (χ0n) is 15.6. The number of esters is 1. The van der Waals surface area contributed by atoms with Crippen LogP contribution in [0.15, 0.2) is 60.7 Å². The van der Waals surface area contributed by atoms with Crippen molar-refractivity contribution in [3.05, 3.63) is 66.2 Å². The Morgan fingerprint density at radius 2 is 1.70 bits per heavy atom. The largest absolute Gasteiger partial charge is 0.493 e. The molecule has 2 N–H and O–H groups in total. The van der Waals surface area contributed by atoms with Gasteiger partial charge in [-0.05, 0) is 37.0 Å². The van der Waals surface area contributed by atoms with Gasteiger partial charge in [0.15, 0.2) is 0 Å². The molecule has 1 aliphatic heterocycles. The summed E-state index contributed by atoms with van der Waals surface area (Å²) in [6.07, 6.45) is 0.503. The molecule has 2 aromatic rings. The summed E-state index contributed by atoms with van der Waals surface area (Å²) in [7, 11) is 0. The van der Waals surface area contributed by atoms with E-state index < -0.39 is 12.0 Å². The highest BCUT2D eigenvalue weighted by Gasteiger charge is 2.33. The third kappa shape index (κ3) is 5.55. The van der Waals surface area contributed by atoms with Gasteiger partial charge in [-0.3, -0.25) is 4.79 Å². The molecule has 0 saturated carbocycles. The number of ether oxygens (including phenoxy) is 3. The third-order valence-corrected chi connectivity index (χ3v) is 4.97. The van der Waals surface area contributed by atoms with Gasteiger partial charge >= 0.3 is 5.97 Å². The van der Waals surface area contributed by atoms with Crippen LogP contribution in [0.2, 0.25) is 0 Å². The van der Waals surface area contributed by atoms with E-state index >= 15 is 0 Å². The van der Waals surface area contributed by atoms with E-state index in [1.54, 1.807) is 0 Å². The molecule has 0 aliphatic carbocycles. The van der Waals surface area contributed by atoms with E-state index in [2.05, 4.69) is 12.1 Å². The Bertz CT molecular complexity index is 707. The molecule has 0 radical (unpaired) electrons. The Morgan fingerprint density at radius 1 is 1.04 bits per heavy atom. The predicted molar refractivity (Wildman–Crippen MR) is 103 cm³/mol. The van der Waals surface area contributed by atoms with Crippen LogP contribution in [0.5, 0.6) is 5.75 Å². The summed E-state index contributed by atoms with van der Waals surface area (Å²) in [4.78, 5) is 12.1. The van der Waals surface area contributed by atoms with Crippen molar-refractivity contribution in [2.75, 3.05) is 19.8 Å². The van der Waals surface area contributed by atoms with Gasteiger partial charge in [0.2, 0.25) is 0 Å². The maximum atomic E-state index is 12.1. The average molecular weight is 369 g/mol. The zero-order valence-corrected chi connectivity index (χ0v) is 15.6. The summed E-state index contributed by atoms with van der Waals surface area (Å²) in [5.41, 5.74) is 7.08.